The number of benzene rings is 2. The van der Waals surface area contributed by atoms with Gasteiger partial charge in [-0.3, -0.25) is 13.9 Å². The summed E-state index contributed by atoms with van der Waals surface area (Å²) in [7, 11) is -3.56. The molecule has 30 heavy (non-hydrogen) atoms. The summed E-state index contributed by atoms with van der Waals surface area (Å²) in [6.45, 7) is 2.16. The molecule has 2 aliphatic heterocycles. The van der Waals surface area contributed by atoms with Crippen LogP contribution in [0.25, 0.3) is 0 Å². The minimum absolute atomic E-state index is 0.0770. The maximum atomic E-state index is 12.8. The summed E-state index contributed by atoms with van der Waals surface area (Å²) < 4.78 is 32.1. The zero-order chi connectivity index (χ0) is 21.3. The fraction of sp³-hybridized carbons (Fsp3) is 0.333. The van der Waals surface area contributed by atoms with E-state index in [9.17, 15) is 18.0 Å². The topological polar surface area (TPSA) is 96.0 Å². The molecule has 9 heteroatoms. The van der Waals surface area contributed by atoms with Crippen molar-refractivity contribution < 1.29 is 22.7 Å². The van der Waals surface area contributed by atoms with Crippen molar-refractivity contribution in [2.24, 2.45) is 0 Å². The summed E-state index contributed by atoms with van der Waals surface area (Å²) in [5, 5.41) is 2.77. The van der Waals surface area contributed by atoms with E-state index in [0.717, 1.165) is 12.1 Å². The van der Waals surface area contributed by atoms with Crippen molar-refractivity contribution in [3.8, 4) is 5.75 Å². The second-order valence-corrected chi connectivity index (χ2v) is 9.37. The van der Waals surface area contributed by atoms with E-state index in [-0.39, 0.29) is 18.2 Å². The minimum atomic E-state index is -3.56. The number of nitrogens with one attached hydrogen (secondary N) is 1. The molecule has 2 amide bonds. The van der Waals surface area contributed by atoms with Crippen molar-refractivity contribution in [2.45, 2.75) is 25.9 Å². The highest BCUT2D eigenvalue weighted by Gasteiger charge is 2.36. The number of carbonyl (C=O) groups is 2. The summed E-state index contributed by atoms with van der Waals surface area (Å²) in [4.78, 5) is 26.4. The Morgan fingerprint density at radius 3 is 2.57 bits per heavy atom. The van der Waals surface area contributed by atoms with Crippen LogP contribution < -0.4 is 19.3 Å². The van der Waals surface area contributed by atoms with Crippen LogP contribution in [0.4, 0.5) is 17.1 Å². The fourth-order valence-electron chi connectivity index (χ4n) is 3.63. The molecule has 2 heterocycles. The van der Waals surface area contributed by atoms with Gasteiger partial charge in [0.1, 0.15) is 5.75 Å². The zero-order valence-corrected chi connectivity index (χ0v) is 17.4. The molecule has 1 atom stereocenters. The van der Waals surface area contributed by atoms with E-state index >= 15 is 0 Å². The molecular formula is C21H23N3O5S. The smallest absolute Gasteiger partial charge is 0.267 e. The van der Waals surface area contributed by atoms with Gasteiger partial charge in [-0.15, -0.1) is 0 Å². The van der Waals surface area contributed by atoms with E-state index in [4.69, 9.17) is 4.74 Å². The predicted molar refractivity (Wildman–Crippen MR) is 114 cm³/mol. The highest BCUT2D eigenvalue weighted by Crippen LogP contribution is 2.35. The SMILES string of the molecule is CCS(=O)(=O)N1C[C@@H](C(=O)Nc2ccc(N3CCCC3=O)cc2)Oc2ccccc21. The minimum Gasteiger partial charge on any atom is -0.476 e. The molecule has 158 valence electrons. The monoisotopic (exact) mass is 429 g/mol. The van der Waals surface area contributed by atoms with E-state index < -0.39 is 22.0 Å². The number of nitrogens with zero attached hydrogens (tertiary/aromatic N) is 2. The molecule has 2 aliphatic rings. The summed E-state index contributed by atoms with van der Waals surface area (Å²) >= 11 is 0. The van der Waals surface area contributed by atoms with Crippen molar-refractivity contribution in [2.75, 3.05) is 33.4 Å². The van der Waals surface area contributed by atoms with Crippen LogP contribution in [0, 0.1) is 0 Å². The van der Waals surface area contributed by atoms with Crippen LogP contribution in [-0.4, -0.2) is 45.2 Å². The first-order valence-corrected chi connectivity index (χ1v) is 11.5. The molecule has 0 aliphatic carbocycles. The zero-order valence-electron chi connectivity index (χ0n) is 16.6. The van der Waals surface area contributed by atoms with Gasteiger partial charge in [0.15, 0.2) is 6.10 Å². The summed E-state index contributed by atoms with van der Waals surface area (Å²) in [6, 6.07) is 13.8. The number of amides is 2. The lowest BCUT2D eigenvalue weighted by molar-refractivity contribution is -0.122. The molecule has 8 nitrogen and oxygen atoms in total. The second-order valence-electron chi connectivity index (χ2n) is 7.19. The Kier molecular flexibility index (Phi) is 5.38. The second kappa shape index (κ2) is 7.98. The third-order valence-electron chi connectivity index (χ3n) is 5.25. The highest BCUT2D eigenvalue weighted by atomic mass is 32.2. The Hall–Kier alpha value is -3.07. The van der Waals surface area contributed by atoms with Crippen LogP contribution in [0.1, 0.15) is 19.8 Å². The summed E-state index contributed by atoms with van der Waals surface area (Å²) in [6.07, 6.45) is 0.409. The van der Waals surface area contributed by atoms with E-state index in [1.54, 1.807) is 60.4 Å². The molecule has 0 bridgehead atoms. The van der Waals surface area contributed by atoms with Gasteiger partial charge in [0.25, 0.3) is 5.91 Å². The first-order chi connectivity index (χ1) is 14.4. The van der Waals surface area contributed by atoms with Gasteiger partial charge in [-0.05, 0) is 49.7 Å². The van der Waals surface area contributed by atoms with Crippen molar-refractivity contribution in [3.05, 3.63) is 48.5 Å². The number of ether oxygens (including phenoxy) is 1. The Morgan fingerprint density at radius 2 is 1.90 bits per heavy atom. The number of hydrogen-bond donors (Lipinski definition) is 1. The van der Waals surface area contributed by atoms with Crippen molar-refractivity contribution in [3.63, 3.8) is 0 Å². The number of anilines is 3. The quantitative estimate of drug-likeness (QED) is 0.787. The van der Waals surface area contributed by atoms with Crippen LogP contribution in [0.2, 0.25) is 0 Å². The maximum Gasteiger partial charge on any atom is 0.267 e. The number of carbonyl (C=O) groups excluding carboxylic acids is 2. The molecule has 1 saturated heterocycles. The van der Waals surface area contributed by atoms with Crippen LogP contribution in [0.15, 0.2) is 48.5 Å². The average molecular weight is 429 g/mol. The first kappa shape index (κ1) is 20.2. The Morgan fingerprint density at radius 1 is 1.17 bits per heavy atom. The van der Waals surface area contributed by atoms with Gasteiger partial charge in [0.05, 0.1) is 18.0 Å². The van der Waals surface area contributed by atoms with Gasteiger partial charge in [-0.25, -0.2) is 8.42 Å². The van der Waals surface area contributed by atoms with E-state index in [0.29, 0.717) is 30.1 Å². The van der Waals surface area contributed by atoms with Crippen molar-refractivity contribution in [1.29, 1.82) is 0 Å². The molecule has 1 N–H and O–H groups in total. The number of hydrogen-bond acceptors (Lipinski definition) is 5. The van der Waals surface area contributed by atoms with Crippen LogP contribution in [-0.2, 0) is 19.6 Å². The van der Waals surface area contributed by atoms with E-state index in [1.165, 1.54) is 4.31 Å². The maximum absolute atomic E-state index is 12.8. The molecule has 1 fully saturated rings. The third-order valence-corrected chi connectivity index (χ3v) is 6.99. The Balaban J connectivity index is 1.50. The number of fused-ring (bicyclic) bond motifs is 1. The van der Waals surface area contributed by atoms with E-state index in [2.05, 4.69) is 5.32 Å². The molecule has 2 aromatic carbocycles. The van der Waals surface area contributed by atoms with Crippen molar-refractivity contribution in [1.82, 2.24) is 0 Å². The highest BCUT2D eigenvalue weighted by molar-refractivity contribution is 7.92. The normalized spacial score (nSPS) is 18.7. The molecule has 0 aromatic heterocycles. The van der Waals surface area contributed by atoms with Crippen LogP contribution in [0.5, 0.6) is 5.75 Å². The molecule has 0 saturated carbocycles. The van der Waals surface area contributed by atoms with Gasteiger partial charge in [0.2, 0.25) is 15.9 Å². The Labute approximate surface area is 175 Å². The summed E-state index contributed by atoms with van der Waals surface area (Å²) in [5.41, 5.74) is 1.77. The lowest BCUT2D eigenvalue weighted by atomic mass is 10.2. The third kappa shape index (κ3) is 3.85. The van der Waals surface area contributed by atoms with Crippen molar-refractivity contribution >= 4 is 38.9 Å². The predicted octanol–water partition coefficient (Wildman–Crippen LogP) is 2.37. The summed E-state index contributed by atoms with van der Waals surface area (Å²) in [5.74, 6) is -0.0697. The first-order valence-electron chi connectivity index (χ1n) is 9.86. The standard InChI is InChI=1S/C21H23N3O5S/c1-2-30(27,28)24-14-19(29-18-7-4-3-6-17(18)24)21(26)22-15-9-11-16(12-10-15)23-13-5-8-20(23)25/h3-4,6-7,9-12,19H,2,5,8,13-14H2,1H3,(H,22,26)/t19-/m0/s1. The lowest BCUT2D eigenvalue weighted by Crippen LogP contribution is -2.49. The Bertz CT molecular complexity index is 1070. The molecule has 4 rings (SSSR count). The van der Waals surface area contributed by atoms with Gasteiger partial charge in [-0.2, -0.15) is 0 Å². The average Bonchev–Trinajstić information content (AvgIpc) is 3.19. The van der Waals surface area contributed by atoms with Gasteiger partial charge in [-0.1, -0.05) is 12.1 Å². The number of rotatable bonds is 5. The molecule has 0 spiro atoms. The number of sulfonamides is 1. The van der Waals surface area contributed by atoms with Gasteiger partial charge >= 0.3 is 0 Å². The lowest BCUT2D eigenvalue weighted by Gasteiger charge is -2.34. The fourth-order valence-corrected chi connectivity index (χ4v) is 4.75. The van der Waals surface area contributed by atoms with Gasteiger partial charge < -0.3 is 15.0 Å². The van der Waals surface area contributed by atoms with E-state index in [1.807, 2.05) is 0 Å². The number of para-hydroxylation sites is 2. The van der Waals surface area contributed by atoms with Crippen LogP contribution in [0.3, 0.4) is 0 Å². The molecule has 0 unspecified atom stereocenters. The largest absolute Gasteiger partial charge is 0.476 e. The molecule has 2 aromatic rings. The van der Waals surface area contributed by atoms with Gasteiger partial charge in [0, 0.05) is 24.3 Å². The molecular weight excluding hydrogens is 406 g/mol. The van der Waals surface area contributed by atoms with Crippen LogP contribution >= 0.6 is 0 Å². The molecule has 0 radical (unpaired) electrons.